The van der Waals surface area contributed by atoms with Crippen molar-refractivity contribution in [3.05, 3.63) is 15.5 Å². The number of carbonyl (C=O) groups excluding carboxylic acids is 1. The Kier molecular flexibility index (Phi) is 1.62. The van der Waals surface area contributed by atoms with Crippen molar-refractivity contribution >= 4 is 28.9 Å². The molecular formula is C4H3IN2O. The smallest absolute Gasteiger partial charge is 0.167 e. The molecule has 1 aromatic rings. The van der Waals surface area contributed by atoms with Crippen molar-refractivity contribution in [1.82, 2.24) is 10.2 Å². The fourth-order valence-corrected chi connectivity index (χ4v) is 0.827. The minimum absolute atomic E-state index is 0.523. The molecule has 0 atom stereocenters. The van der Waals surface area contributed by atoms with E-state index in [1.54, 1.807) is 6.07 Å². The van der Waals surface area contributed by atoms with Crippen molar-refractivity contribution in [2.75, 3.05) is 0 Å². The highest BCUT2D eigenvalue weighted by molar-refractivity contribution is 14.1. The molecule has 0 radical (unpaired) electrons. The first-order valence-corrected chi connectivity index (χ1v) is 3.07. The first kappa shape index (κ1) is 5.74. The van der Waals surface area contributed by atoms with Gasteiger partial charge in [-0.05, 0) is 22.6 Å². The number of rotatable bonds is 1. The van der Waals surface area contributed by atoms with Gasteiger partial charge in [0.05, 0.1) is 5.69 Å². The third kappa shape index (κ3) is 1.06. The average molecular weight is 222 g/mol. The summed E-state index contributed by atoms with van der Waals surface area (Å²) in [6.07, 6.45) is 0.731. The van der Waals surface area contributed by atoms with Crippen LogP contribution >= 0.6 is 22.6 Å². The number of aromatic nitrogens is 2. The summed E-state index contributed by atoms with van der Waals surface area (Å²) in [5.74, 6) is 0. The van der Waals surface area contributed by atoms with Gasteiger partial charge in [0.2, 0.25) is 0 Å². The van der Waals surface area contributed by atoms with Crippen molar-refractivity contribution in [2.45, 2.75) is 0 Å². The van der Waals surface area contributed by atoms with Crippen molar-refractivity contribution in [2.24, 2.45) is 0 Å². The maximum absolute atomic E-state index is 9.95. The van der Waals surface area contributed by atoms with Gasteiger partial charge in [-0.3, -0.25) is 9.89 Å². The van der Waals surface area contributed by atoms with E-state index in [0.717, 1.165) is 9.99 Å². The third-order valence-electron chi connectivity index (χ3n) is 0.693. The lowest BCUT2D eigenvalue weighted by Crippen LogP contribution is -1.75. The minimum Gasteiger partial charge on any atom is -0.296 e. The molecule has 0 aliphatic rings. The summed E-state index contributed by atoms with van der Waals surface area (Å²) in [6, 6.07) is 1.67. The fourth-order valence-electron chi connectivity index (χ4n) is 0.371. The number of hydrogen-bond donors (Lipinski definition) is 1. The maximum Gasteiger partial charge on any atom is 0.167 e. The van der Waals surface area contributed by atoms with E-state index >= 15 is 0 Å². The van der Waals surface area contributed by atoms with Crippen LogP contribution in [-0.2, 0) is 0 Å². The van der Waals surface area contributed by atoms with Crippen LogP contribution in [0.4, 0.5) is 0 Å². The quantitative estimate of drug-likeness (QED) is 0.564. The highest BCUT2D eigenvalue weighted by Gasteiger charge is 1.91. The number of H-pyrrole nitrogens is 1. The second kappa shape index (κ2) is 2.25. The average Bonchev–Trinajstić information content (AvgIpc) is 2.14. The molecule has 1 rings (SSSR count). The Balaban J connectivity index is 3.00. The molecule has 0 fully saturated rings. The van der Waals surface area contributed by atoms with E-state index in [-0.39, 0.29) is 0 Å². The van der Waals surface area contributed by atoms with Crippen LogP contribution in [0.15, 0.2) is 6.07 Å². The number of aromatic amines is 1. The Morgan fingerprint density at radius 3 is 2.88 bits per heavy atom. The largest absolute Gasteiger partial charge is 0.296 e. The zero-order valence-corrected chi connectivity index (χ0v) is 6.05. The van der Waals surface area contributed by atoms with E-state index in [2.05, 4.69) is 10.2 Å². The van der Waals surface area contributed by atoms with Gasteiger partial charge in [0.15, 0.2) is 6.29 Å². The van der Waals surface area contributed by atoms with E-state index in [0.29, 0.717) is 5.69 Å². The second-order valence-electron chi connectivity index (χ2n) is 1.26. The van der Waals surface area contributed by atoms with Crippen molar-refractivity contribution < 1.29 is 4.79 Å². The van der Waals surface area contributed by atoms with Crippen LogP contribution in [0.1, 0.15) is 10.5 Å². The second-order valence-corrected chi connectivity index (χ2v) is 2.37. The summed E-state index contributed by atoms with van der Waals surface area (Å²) in [6.45, 7) is 0. The standard InChI is InChI=1S/C4H3IN2O/c5-4-1-3(2-8)6-7-4/h1-2H,(H,6,7). The van der Waals surface area contributed by atoms with Crippen molar-refractivity contribution in [3.63, 3.8) is 0 Å². The van der Waals surface area contributed by atoms with Crippen molar-refractivity contribution in [3.8, 4) is 0 Å². The highest BCUT2D eigenvalue weighted by atomic mass is 127. The molecule has 3 nitrogen and oxygen atoms in total. The maximum atomic E-state index is 9.95. The van der Waals surface area contributed by atoms with Gasteiger partial charge in [0.1, 0.15) is 3.70 Å². The monoisotopic (exact) mass is 222 g/mol. The number of aldehydes is 1. The number of halogens is 1. The van der Waals surface area contributed by atoms with Gasteiger partial charge in [-0.15, -0.1) is 0 Å². The van der Waals surface area contributed by atoms with E-state index in [4.69, 9.17) is 0 Å². The Morgan fingerprint density at radius 1 is 1.88 bits per heavy atom. The Hall–Kier alpha value is -0.390. The Bertz CT molecular complexity index is 196. The van der Waals surface area contributed by atoms with Gasteiger partial charge in [-0.25, -0.2) is 0 Å². The summed E-state index contributed by atoms with van der Waals surface area (Å²) in [7, 11) is 0. The van der Waals surface area contributed by atoms with Gasteiger partial charge in [-0.1, -0.05) is 0 Å². The molecule has 0 saturated heterocycles. The van der Waals surface area contributed by atoms with E-state index in [1.165, 1.54) is 0 Å². The van der Waals surface area contributed by atoms with Gasteiger partial charge in [0.25, 0.3) is 0 Å². The predicted molar refractivity (Wildman–Crippen MR) is 36.7 cm³/mol. The molecule has 0 saturated carbocycles. The van der Waals surface area contributed by atoms with Gasteiger partial charge >= 0.3 is 0 Å². The fraction of sp³-hybridized carbons (Fsp3) is 0. The molecule has 0 spiro atoms. The molecular weight excluding hydrogens is 219 g/mol. The number of nitrogens with zero attached hydrogens (tertiary/aromatic N) is 1. The molecule has 42 valence electrons. The lowest BCUT2D eigenvalue weighted by molar-refractivity contribution is 0.111. The molecule has 0 aromatic carbocycles. The summed E-state index contributed by atoms with van der Waals surface area (Å²) in [4.78, 5) is 9.95. The molecule has 0 amide bonds. The number of nitrogens with one attached hydrogen (secondary N) is 1. The summed E-state index contributed by atoms with van der Waals surface area (Å²) < 4.78 is 0.810. The molecule has 0 aliphatic heterocycles. The van der Waals surface area contributed by atoms with Crippen LogP contribution in [-0.4, -0.2) is 16.5 Å². The first-order valence-electron chi connectivity index (χ1n) is 1.99. The molecule has 0 aliphatic carbocycles. The number of hydrogen-bond acceptors (Lipinski definition) is 2. The topological polar surface area (TPSA) is 45.8 Å². The van der Waals surface area contributed by atoms with E-state index in [9.17, 15) is 4.79 Å². The SMILES string of the molecule is O=Cc1cc(I)n[nH]1. The Morgan fingerprint density at radius 2 is 2.62 bits per heavy atom. The minimum atomic E-state index is 0.523. The lowest BCUT2D eigenvalue weighted by atomic mass is 10.5. The Labute approximate surface area is 59.6 Å². The third-order valence-corrected chi connectivity index (χ3v) is 1.25. The molecule has 0 bridgehead atoms. The summed E-state index contributed by atoms with van der Waals surface area (Å²) in [5, 5.41) is 6.25. The normalized spacial score (nSPS) is 9.12. The molecule has 1 heterocycles. The van der Waals surface area contributed by atoms with Crippen LogP contribution in [0, 0.1) is 3.70 Å². The van der Waals surface area contributed by atoms with Gasteiger partial charge < -0.3 is 0 Å². The molecule has 1 aromatic heterocycles. The molecule has 1 N–H and O–H groups in total. The lowest BCUT2D eigenvalue weighted by Gasteiger charge is -1.67. The molecule has 4 heteroatoms. The summed E-state index contributed by atoms with van der Waals surface area (Å²) >= 11 is 2.02. The van der Waals surface area contributed by atoms with Crippen LogP contribution in [0.25, 0.3) is 0 Å². The van der Waals surface area contributed by atoms with E-state index < -0.39 is 0 Å². The van der Waals surface area contributed by atoms with Crippen LogP contribution in [0.3, 0.4) is 0 Å². The zero-order chi connectivity index (χ0) is 5.98. The molecule has 8 heavy (non-hydrogen) atoms. The first-order chi connectivity index (χ1) is 3.83. The zero-order valence-electron chi connectivity index (χ0n) is 3.89. The van der Waals surface area contributed by atoms with Gasteiger partial charge in [-0.2, -0.15) is 5.10 Å². The van der Waals surface area contributed by atoms with Crippen molar-refractivity contribution in [1.29, 1.82) is 0 Å². The van der Waals surface area contributed by atoms with E-state index in [1.807, 2.05) is 22.6 Å². The van der Waals surface area contributed by atoms with Crippen LogP contribution in [0.2, 0.25) is 0 Å². The van der Waals surface area contributed by atoms with Gasteiger partial charge in [0, 0.05) is 6.07 Å². The molecule has 0 unspecified atom stereocenters. The summed E-state index contributed by atoms with van der Waals surface area (Å²) in [5.41, 5.74) is 0.523. The number of carbonyl (C=O) groups is 1. The van der Waals surface area contributed by atoms with Crippen LogP contribution in [0.5, 0.6) is 0 Å². The predicted octanol–water partition coefficient (Wildman–Crippen LogP) is 0.827. The highest BCUT2D eigenvalue weighted by Crippen LogP contribution is 1.98. The van der Waals surface area contributed by atoms with Crippen LogP contribution < -0.4 is 0 Å².